The topological polar surface area (TPSA) is 0 Å². The zero-order chi connectivity index (χ0) is 16.3. The van der Waals surface area contributed by atoms with E-state index in [0.717, 1.165) is 11.8 Å². The quantitative estimate of drug-likeness (QED) is 0.213. The Balaban J connectivity index is 1.89. The molecule has 0 nitrogen and oxygen atoms in total. The summed E-state index contributed by atoms with van der Waals surface area (Å²) in [4.78, 5) is 0. The number of allylic oxidation sites excluding steroid dienone is 1. The largest absolute Gasteiger partial charge is 0.103 e. The van der Waals surface area contributed by atoms with Crippen LogP contribution in [0.15, 0.2) is 12.7 Å². The van der Waals surface area contributed by atoms with Crippen LogP contribution < -0.4 is 0 Å². The lowest BCUT2D eigenvalue weighted by Crippen LogP contribution is -2.11. The highest BCUT2D eigenvalue weighted by Gasteiger charge is 2.34. The van der Waals surface area contributed by atoms with Crippen LogP contribution in [-0.2, 0) is 0 Å². The van der Waals surface area contributed by atoms with Gasteiger partial charge < -0.3 is 0 Å². The third kappa shape index (κ3) is 9.70. The van der Waals surface area contributed by atoms with Crippen LogP contribution in [0, 0.1) is 17.3 Å². The second-order valence-corrected chi connectivity index (χ2v) is 8.52. The molecule has 0 saturated heterocycles. The Hall–Kier alpha value is -0.260. The molecule has 0 aromatic carbocycles. The molecule has 0 aromatic rings. The highest BCUT2D eigenvalue weighted by atomic mass is 14.4. The van der Waals surface area contributed by atoms with Crippen molar-refractivity contribution in [3.05, 3.63) is 12.7 Å². The van der Waals surface area contributed by atoms with Gasteiger partial charge in [-0.15, -0.1) is 6.58 Å². The average Bonchev–Trinajstić information content (AvgIpc) is 3.25. The maximum Gasteiger partial charge on any atom is -0.0353 e. The first kappa shape index (κ1) is 19.8. The smallest absolute Gasteiger partial charge is 0.0353 e. The Labute approximate surface area is 141 Å². The molecule has 0 radical (unpaired) electrons. The van der Waals surface area contributed by atoms with Gasteiger partial charge in [-0.3, -0.25) is 0 Å². The Kier molecular flexibility index (Phi) is 10.2. The van der Waals surface area contributed by atoms with E-state index in [1.165, 1.54) is 89.9 Å². The van der Waals surface area contributed by atoms with Crippen LogP contribution in [-0.4, -0.2) is 0 Å². The zero-order valence-electron chi connectivity index (χ0n) is 15.8. The van der Waals surface area contributed by atoms with E-state index < -0.39 is 0 Å². The standard InChI is InChI=1S/C22H42/c1-5-7-8-9-10-11-12-14-17-22(3,4)18-15-13-16-21-19-20(21)6-2/h5,20-21H,1,6-19H2,2-4H3. The van der Waals surface area contributed by atoms with E-state index in [0.29, 0.717) is 5.41 Å². The van der Waals surface area contributed by atoms with Crippen LogP contribution in [0.25, 0.3) is 0 Å². The van der Waals surface area contributed by atoms with E-state index in [2.05, 4.69) is 27.4 Å². The van der Waals surface area contributed by atoms with Gasteiger partial charge in [0, 0.05) is 0 Å². The Bertz CT molecular complexity index is 276. The summed E-state index contributed by atoms with van der Waals surface area (Å²) in [6.45, 7) is 11.1. The second kappa shape index (κ2) is 11.3. The van der Waals surface area contributed by atoms with Gasteiger partial charge in [-0.25, -0.2) is 0 Å². The van der Waals surface area contributed by atoms with Gasteiger partial charge in [-0.05, 0) is 49.4 Å². The van der Waals surface area contributed by atoms with E-state index in [4.69, 9.17) is 0 Å². The molecule has 0 spiro atoms. The molecule has 2 atom stereocenters. The van der Waals surface area contributed by atoms with E-state index in [-0.39, 0.29) is 0 Å². The molecule has 1 saturated carbocycles. The van der Waals surface area contributed by atoms with Gasteiger partial charge in [0.1, 0.15) is 0 Å². The molecular formula is C22H42. The highest BCUT2D eigenvalue weighted by molar-refractivity contribution is 4.84. The molecule has 22 heavy (non-hydrogen) atoms. The van der Waals surface area contributed by atoms with Crippen molar-refractivity contribution in [3.8, 4) is 0 Å². The summed E-state index contributed by atoms with van der Waals surface area (Å²) in [5, 5.41) is 0. The monoisotopic (exact) mass is 306 g/mol. The third-order valence-corrected chi connectivity index (χ3v) is 5.78. The van der Waals surface area contributed by atoms with Crippen LogP contribution in [0.2, 0.25) is 0 Å². The van der Waals surface area contributed by atoms with E-state index in [9.17, 15) is 0 Å². The minimum Gasteiger partial charge on any atom is -0.103 e. The lowest BCUT2D eigenvalue weighted by atomic mass is 9.81. The predicted octanol–water partition coefficient (Wildman–Crippen LogP) is 7.93. The van der Waals surface area contributed by atoms with Crippen molar-refractivity contribution < 1.29 is 0 Å². The van der Waals surface area contributed by atoms with Crippen LogP contribution >= 0.6 is 0 Å². The van der Waals surface area contributed by atoms with Crippen LogP contribution in [0.4, 0.5) is 0 Å². The summed E-state index contributed by atoms with van der Waals surface area (Å²) < 4.78 is 0. The SMILES string of the molecule is C=CCCCCCCCCC(C)(C)CCCCC1CC1CC. The van der Waals surface area contributed by atoms with Crippen molar-refractivity contribution in [1.82, 2.24) is 0 Å². The van der Waals surface area contributed by atoms with Crippen LogP contribution in [0.5, 0.6) is 0 Å². The van der Waals surface area contributed by atoms with E-state index in [1.807, 2.05) is 6.08 Å². The minimum absolute atomic E-state index is 0.580. The maximum atomic E-state index is 3.79. The van der Waals surface area contributed by atoms with Gasteiger partial charge in [0.15, 0.2) is 0 Å². The molecule has 0 heterocycles. The molecule has 0 bridgehead atoms. The molecule has 130 valence electrons. The summed E-state index contributed by atoms with van der Waals surface area (Å²) in [6, 6.07) is 0. The summed E-state index contributed by atoms with van der Waals surface area (Å²) in [5.41, 5.74) is 0.580. The molecule has 0 amide bonds. The predicted molar refractivity (Wildman–Crippen MR) is 101 cm³/mol. The number of unbranched alkanes of at least 4 members (excludes halogenated alkanes) is 7. The fourth-order valence-corrected chi connectivity index (χ4v) is 3.90. The molecule has 1 aliphatic rings. The lowest BCUT2D eigenvalue weighted by Gasteiger charge is -2.24. The molecule has 0 N–H and O–H groups in total. The molecule has 1 aliphatic carbocycles. The number of hydrogen-bond acceptors (Lipinski definition) is 0. The molecule has 0 aliphatic heterocycles. The third-order valence-electron chi connectivity index (χ3n) is 5.78. The number of rotatable bonds is 15. The minimum atomic E-state index is 0.580. The van der Waals surface area contributed by atoms with Gasteiger partial charge >= 0.3 is 0 Å². The van der Waals surface area contributed by atoms with E-state index >= 15 is 0 Å². The molecular weight excluding hydrogens is 264 g/mol. The Morgan fingerprint density at radius 3 is 2.05 bits per heavy atom. The average molecular weight is 307 g/mol. The van der Waals surface area contributed by atoms with Crippen molar-refractivity contribution >= 4 is 0 Å². The van der Waals surface area contributed by atoms with Crippen LogP contribution in [0.1, 0.15) is 111 Å². The Morgan fingerprint density at radius 1 is 0.864 bits per heavy atom. The lowest BCUT2D eigenvalue weighted by molar-refractivity contribution is 0.281. The molecule has 1 fully saturated rings. The Morgan fingerprint density at radius 2 is 1.45 bits per heavy atom. The first-order chi connectivity index (χ1) is 10.6. The summed E-state index contributed by atoms with van der Waals surface area (Å²) >= 11 is 0. The summed E-state index contributed by atoms with van der Waals surface area (Å²) in [7, 11) is 0. The van der Waals surface area contributed by atoms with Crippen molar-refractivity contribution in [3.63, 3.8) is 0 Å². The van der Waals surface area contributed by atoms with Gasteiger partial charge in [-0.2, -0.15) is 0 Å². The number of hydrogen-bond donors (Lipinski definition) is 0. The normalized spacial score (nSPS) is 21.0. The molecule has 0 aromatic heterocycles. The van der Waals surface area contributed by atoms with Crippen molar-refractivity contribution in [2.45, 2.75) is 111 Å². The summed E-state index contributed by atoms with van der Waals surface area (Å²) in [5.74, 6) is 2.20. The maximum absolute atomic E-state index is 3.79. The van der Waals surface area contributed by atoms with Gasteiger partial charge in [-0.1, -0.05) is 84.6 Å². The van der Waals surface area contributed by atoms with Gasteiger partial charge in [0.05, 0.1) is 0 Å². The first-order valence-corrected chi connectivity index (χ1v) is 10.2. The summed E-state index contributed by atoms with van der Waals surface area (Å²) in [6.07, 6.45) is 22.0. The van der Waals surface area contributed by atoms with Gasteiger partial charge in [0.25, 0.3) is 0 Å². The van der Waals surface area contributed by atoms with Gasteiger partial charge in [0.2, 0.25) is 0 Å². The highest BCUT2D eigenvalue weighted by Crippen LogP contribution is 2.44. The van der Waals surface area contributed by atoms with Crippen molar-refractivity contribution in [1.29, 1.82) is 0 Å². The molecule has 2 unspecified atom stereocenters. The fourth-order valence-electron chi connectivity index (χ4n) is 3.90. The zero-order valence-corrected chi connectivity index (χ0v) is 15.8. The first-order valence-electron chi connectivity index (χ1n) is 10.2. The van der Waals surface area contributed by atoms with E-state index in [1.54, 1.807) is 0 Å². The van der Waals surface area contributed by atoms with Crippen LogP contribution in [0.3, 0.4) is 0 Å². The second-order valence-electron chi connectivity index (χ2n) is 8.52. The molecule has 0 heteroatoms. The fraction of sp³-hybridized carbons (Fsp3) is 0.909. The van der Waals surface area contributed by atoms with Crippen molar-refractivity contribution in [2.75, 3.05) is 0 Å². The van der Waals surface area contributed by atoms with Crippen molar-refractivity contribution in [2.24, 2.45) is 17.3 Å². The molecule has 1 rings (SSSR count).